The van der Waals surface area contributed by atoms with Crippen molar-refractivity contribution in [2.45, 2.75) is 53.0 Å². The summed E-state index contributed by atoms with van der Waals surface area (Å²) in [7, 11) is 1.89. The summed E-state index contributed by atoms with van der Waals surface area (Å²) in [5.74, 6) is 0.818. The second kappa shape index (κ2) is 6.90. The summed E-state index contributed by atoms with van der Waals surface area (Å²) in [6.45, 7) is 9.69. The minimum Gasteiger partial charge on any atom is -0.322 e. The van der Waals surface area contributed by atoms with Gasteiger partial charge in [0.2, 0.25) is 0 Å². The molecule has 1 saturated heterocycles. The Morgan fingerprint density at radius 1 is 1.28 bits per heavy atom. The maximum atomic E-state index is 12.7. The molecule has 1 fully saturated rings. The predicted octanol–water partition coefficient (Wildman–Crippen LogP) is 2.84. The van der Waals surface area contributed by atoms with E-state index in [1.807, 2.05) is 18.9 Å². The van der Waals surface area contributed by atoms with Crippen LogP contribution in [0.2, 0.25) is 0 Å². The molecule has 25 heavy (non-hydrogen) atoms. The molecular weight excluding hydrogens is 316 g/mol. The topological polar surface area (TPSA) is 68.0 Å². The van der Waals surface area contributed by atoms with Gasteiger partial charge in [-0.1, -0.05) is 13.8 Å². The molecule has 1 N–H and O–H groups in total. The van der Waals surface area contributed by atoms with Crippen LogP contribution in [0.1, 0.15) is 49.0 Å². The fourth-order valence-electron chi connectivity index (χ4n) is 3.76. The number of hydrogen-bond donors (Lipinski definition) is 1. The Bertz CT molecular complexity index is 775. The number of nitrogens with one attached hydrogen (secondary N) is 1. The van der Waals surface area contributed by atoms with E-state index in [4.69, 9.17) is 0 Å². The van der Waals surface area contributed by atoms with Gasteiger partial charge < -0.3 is 4.90 Å². The van der Waals surface area contributed by atoms with Gasteiger partial charge in [-0.15, -0.1) is 0 Å². The molecule has 0 unspecified atom stereocenters. The van der Waals surface area contributed by atoms with Crippen LogP contribution in [0.5, 0.6) is 0 Å². The van der Waals surface area contributed by atoms with Crippen molar-refractivity contribution in [2.75, 3.05) is 18.4 Å². The maximum absolute atomic E-state index is 12.7. The second-order valence-electron chi connectivity index (χ2n) is 6.79. The first-order valence-electron chi connectivity index (χ1n) is 9.08. The summed E-state index contributed by atoms with van der Waals surface area (Å²) in [4.78, 5) is 14.6. The van der Waals surface area contributed by atoms with Crippen LogP contribution in [0.3, 0.4) is 0 Å². The van der Waals surface area contributed by atoms with Gasteiger partial charge >= 0.3 is 6.03 Å². The van der Waals surface area contributed by atoms with Crippen LogP contribution in [0, 0.1) is 13.8 Å². The molecule has 136 valence electrons. The van der Waals surface area contributed by atoms with Crippen LogP contribution in [-0.2, 0) is 19.9 Å². The lowest BCUT2D eigenvalue weighted by Crippen LogP contribution is -2.34. The number of nitrogens with zero attached hydrogens (tertiary/aromatic N) is 5. The monoisotopic (exact) mass is 344 g/mol. The summed E-state index contributed by atoms with van der Waals surface area (Å²) in [5, 5.41) is 12.2. The van der Waals surface area contributed by atoms with Gasteiger partial charge in [0, 0.05) is 31.4 Å². The van der Waals surface area contributed by atoms with E-state index in [9.17, 15) is 4.79 Å². The average molecular weight is 344 g/mol. The first kappa shape index (κ1) is 17.5. The zero-order valence-electron chi connectivity index (χ0n) is 15.8. The highest BCUT2D eigenvalue weighted by atomic mass is 16.2. The van der Waals surface area contributed by atoms with Crippen LogP contribution in [0.4, 0.5) is 10.6 Å². The lowest BCUT2D eigenvalue weighted by Gasteiger charge is -2.18. The van der Waals surface area contributed by atoms with Gasteiger partial charge in [0.05, 0.1) is 17.4 Å². The van der Waals surface area contributed by atoms with Gasteiger partial charge in [-0.2, -0.15) is 10.2 Å². The van der Waals surface area contributed by atoms with E-state index in [1.165, 1.54) is 0 Å². The van der Waals surface area contributed by atoms with Crippen LogP contribution in [0.25, 0.3) is 0 Å². The van der Waals surface area contributed by atoms with Gasteiger partial charge in [0.15, 0.2) is 0 Å². The average Bonchev–Trinajstić information content (AvgIpc) is 3.25. The van der Waals surface area contributed by atoms with E-state index < -0.39 is 0 Å². The molecule has 3 heterocycles. The van der Waals surface area contributed by atoms with Gasteiger partial charge in [-0.3, -0.25) is 14.7 Å². The highest BCUT2D eigenvalue weighted by Crippen LogP contribution is 2.25. The van der Waals surface area contributed by atoms with Crippen molar-refractivity contribution in [2.24, 2.45) is 7.05 Å². The van der Waals surface area contributed by atoms with Crippen molar-refractivity contribution in [1.82, 2.24) is 24.5 Å². The minimum atomic E-state index is -0.0515. The molecule has 0 aromatic carbocycles. The number of carbonyl (C=O) groups is 1. The molecule has 2 aromatic heterocycles. The molecule has 3 rings (SSSR count). The lowest BCUT2D eigenvalue weighted by molar-refractivity contribution is 0.220. The van der Waals surface area contributed by atoms with Crippen molar-refractivity contribution in [1.29, 1.82) is 0 Å². The standard InChI is InChI=1S/C18H28N6O/c1-6-15-16(7-2)21-22(5)17(15)19-18(25)23-9-8-14(11-23)24-13(4)10-12(3)20-24/h10,14H,6-9,11H2,1-5H3,(H,19,25)/t14-/m1/s1. The third-order valence-corrected chi connectivity index (χ3v) is 4.98. The molecule has 1 aliphatic heterocycles. The summed E-state index contributed by atoms with van der Waals surface area (Å²) in [6.07, 6.45) is 2.67. The molecule has 1 atom stereocenters. The molecular formula is C18H28N6O. The van der Waals surface area contributed by atoms with Gasteiger partial charge in [0.1, 0.15) is 5.82 Å². The van der Waals surface area contributed by atoms with Crippen molar-refractivity contribution in [3.63, 3.8) is 0 Å². The summed E-state index contributed by atoms with van der Waals surface area (Å²) >= 11 is 0. The van der Waals surface area contributed by atoms with Crippen molar-refractivity contribution in [3.8, 4) is 0 Å². The summed E-state index contributed by atoms with van der Waals surface area (Å²) in [5.41, 5.74) is 4.36. The van der Waals surface area contributed by atoms with E-state index in [0.717, 1.165) is 54.3 Å². The number of carbonyl (C=O) groups excluding carboxylic acids is 1. The zero-order chi connectivity index (χ0) is 18.1. The normalized spacial score (nSPS) is 17.3. The van der Waals surface area contributed by atoms with Crippen molar-refractivity contribution >= 4 is 11.8 Å². The predicted molar refractivity (Wildman–Crippen MR) is 97.9 cm³/mol. The fraction of sp³-hybridized carbons (Fsp3) is 0.611. The number of aromatic nitrogens is 4. The Balaban J connectivity index is 1.71. The quantitative estimate of drug-likeness (QED) is 0.927. The van der Waals surface area contributed by atoms with Gasteiger partial charge in [0.25, 0.3) is 0 Å². The Morgan fingerprint density at radius 3 is 2.64 bits per heavy atom. The smallest absolute Gasteiger partial charge is 0.322 e. The Morgan fingerprint density at radius 2 is 2.04 bits per heavy atom. The van der Waals surface area contributed by atoms with Crippen LogP contribution in [0.15, 0.2) is 6.07 Å². The number of hydrogen-bond acceptors (Lipinski definition) is 3. The SMILES string of the molecule is CCc1nn(C)c(NC(=O)N2CC[C@@H](n3nc(C)cc3C)C2)c1CC. The number of likely N-dealkylation sites (tertiary alicyclic amines) is 1. The summed E-state index contributed by atoms with van der Waals surface area (Å²) in [6, 6.07) is 2.28. The first-order chi connectivity index (χ1) is 11.9. The lowest BCUT2D eigenvalue weighted by atomic mass is 10.1. The minimum absolute atomic E-state index is 0.0515. The molecule has 2 aromatic rings. The number of amides is 2. The number of anilines is 1. The highest BCUT2D eigenvalue weighted by Gasteiger charge is 2.29. The van der Waals surface area contributed by atoms with E-state index >= 15 is 0 Å². The first-order valence-corrected chi connectivity index (χ1v) is 9.08. The van der Waals surface area contributed by atoms with Crippen LogP contribution in [-0.4, -0.2) is 43.6 Å². The zero-order valence-corrected chi connectivity index (χ0v) is 15.8. The third kappa shape index (κ3) is 3.27. The van der Waals surface area contributed by atoms with E-state index in [2.05, 4.69) is 47.0 Å². The molecule has 1 aliphatic rings. The Kier molecular flexibility index (Phi) is 4.83. The van der Waals surface area contributed by atoms with E-state index in [1.54, 1.807) is 4.68 Å². The Hall–Kier alpha value is -2.31. The fourth-order valence-corrected chi connectivity index (χ4v) is 3.76. The Labute approximate surface area is 149 Å². The molecule has 7 nitrogen and oxygen atoms in total. The second-order valence-corrected chi connectivity index (χ2v) is 6.79. The molecule has 0 bridgehead atoms. The molecule has 2 amide bonds. The van der Waals surface area contributed by atoms with Crippen LogP contribution < -0.4 is 5.32 Å². The third-order valence-electron chi connectivity index (χ3n) is 4.98. The van der Waals surface area contributed by atoms with Gasteiger partial charge in [-0.05, 0) is 39.2 Å². The largest absolute Gasteiger partial charge is 0.323 e. The highest BCUT2D eigenvalue weighted by molar-refractivity contribution is 5.89. The van der Waals surface area contributed by atoms with Gasteiger partial charge in [-0.25, -0.2) is 4.79 Å². The molecule has 7 heteroatoms. The van der Waals surface area contributed by atoms with Crippen LogP contribution >= 0.6 is 0 Å². The van der Waals surface area contributed by atoms with Crippen molar-refractivity contribution < 1.29 is 4.79 Å². The molecule has 0 radical (unpaired) electrons. The number of aryl methyl sites for hydroxylation is 4. The molecule has 0 spiro atoms. The summed E-state index contributed by atoms with van der Waals surface area (Å²) < 4.78 is 3.84. The van der Waals surface area contributed by atoms with Crippen molar-refractivity contribution in [3.05, 3.63) is 28.7 Å². The van der Waals surface area contributed by atoms with E-state index in [-0.39, 0.29) is 12.1 Å². The number of rotatable bonds is 4. The molecule has 0 aliphatic carbocycles. The maximum Gasteiger partial charge on any atom is 0.323 e. The molecule has 0 saturated carbocycles. The van der Waals surface area contributed by atoms with E-state index in [0.29, 0.717) is 6.54 Å². The number of urea groups is 1.